The van der Waals surface area contributed by atoms with Crippen LogP contribution in [-0.4, -0.2) is 56.9 Å². The van der Waals surface area contributed by atoms with E-state index in [2.05, 4.69) is 22.3 Å². The Balaban J connectivity index is 1.45. The predicted molar refractivity (Wildman–Crippen MR) is 124 cm³/mol. The van der Waals surface area contributed by atoms with E-state index in [0.29, 0.717) is 25.6 Å². The van der Waals surface area contributed by atoms with Crippen LogP contribution in [0.2, 0.25) is 0 Å². The maximum Gasteiger partial charge on any atom is 0.251 e. The Labute approximate surface area is 190 Å². The first-order valence-corrected chi connectivity index (χ1v) is 11.6. The van der Waals surface area contributed by atoms with Gasteiger partial charge in [0.2, 0.25) is 0 Å². The monoisotopic (exact) mass is 438 g/mol. The van der Waals surface area contributed by atoms with Gasteiger partial charge in [-0.05, 0) is 36.5 Å². The molecule has 2 aliphatic rings. The van der Waals surface area contributed by atoms with Gasteiger partial charge in [-0.3, -0.25) is 9.69 Å². The summed E-state index contributed by atoms with van der Waals surface area (Å²) in [6.07, 6.45) is 5.11. The molecule has 1 amide bonds. The van der Waals surface area contributed by atoms with E-state index in [1.807, 2.05) is 36.4 Å². The van der Waals surface area contributed by atoms with Gasteiger partial charge in [-0.1, -0.05) is 49.2 Å². The zero-order valence-electron chi connectivity index (χ0n) is 19.1. The smallest absolute Gasteiger partial charge is 0.251 e. The molecule has 0 spiro atoms. The van der Waals surface area contributed by atoms with Gasteiger partial charge in [0.15, 0.2) is 6.10 Å². The fraction of sp³-hybridized carbons (Fsp3) is 0.500. The van der Waals surface area contributed by atoms with Crippen LogP contribution in [0.15, 0.2) is 48.5 Å². The van der Waals surface area contributed by atoms with Crippen LogP contribution in [0.1, 0.15) is 42.9 Å². The highest BCUT2D eigenvalue weighted by molar-refractivity contribution is 5.82. The quantitative estimate of drug-likeness (QED) is 0.680. The molecule has 0 aromatic heterocycles. The number of rotatable bonds is 8. The van der Waals surface area contributed by atoms with Crippen LogP contribution in [0.25, 0.3) is 0 Å². The lowest BCUT2D eigenvalue weighted by molar-refractivity contribution is -0.148. The van der Waals surface area contributed by atoms with Gasteiger partial charge in [-0.2, -0.15) is 0 Å². The number of carbonyl (C=O) groups is 1. The number of hydrogen-bond donors (Lipinski definition) is 1. The first-order valence-electron chi connectivity index (χ1n) is 11.6. The van der Waals surface area contributed by atoms with Crippen molar-refractivity contribution in [3.63, 3.8) is 0 Å². The van der Waals surface area contributed by atoms with Crippen LogP contribution in [-0.2, 0) is 16.0 Å². The van der Waals surface area contributed by atoms with Crippen LogP contribution in [0.3, 0.4) is 0 Å². The third kappa shape index (κ3) is 5.08. The van der Waals surface area contributed by atoms with Crippen molar-refractivity contribution in [3.8, 4) is 11.5 Å². The van der Waals surface area contributed by atoms with Crippen LogP contribution < -0.4 is 14.8 Å². The first kappa shape index (κ1) is 22.6. The van der Waals surface area contributed by atoms with Crippen molar-refractivity contribution in [2.75, 3.05) is 33.9 Å². The Bertz CT molecular complexity index is 883. The molecule has 0 unspecified atom stereocenters. The molecule has 2 aromatic carbocycles. The Hall–Kier alpha value is -2.57. The number of nitrogens with one attached hydrogen (secondary N) is 1. The summed E-state index contributed by atoms with van der Waals surface area (Å²) in [5, 5.41) is 3.11. The normalized spacial score (nSPS) is 21.9. The lowest BCUT2D eigenvalue weighted by atomic mass is 9.95. The third-order valence-corrected chi connectivity index (χ3v) is 6.67. The number of benzene rings is 2. The number of carbonyl (C=O) groups excluding carboxylic acids is 1. The Morgan fingerprint density at radius 2 is 1.88 bits per heavy atom. The van der Waals surface area contributed by atoms with Crippen LogP contribution in [0, 0.1) is 0 Å². The van der Waals surface area contributed by atoms with Crippen LogP contribution in [0.4, 0.5) is 0 Å². The second-order valence-corrected chi connectivity index (χ2v) is 8.54. The minimum Gasteiger partial charge on any atom is -0.497 e. The van der Waals surface area contributed by atoms with Gasteiger partial charge in [0.1, 0.15) is 11.5 Å². The number of hydrogen-bond acceptors (Lipinski definition) is 5. The lowest BCUT2D eigenvalue weighted by Crippen LogP contribution is -2.54. The Kier molecular flexibility index (Phi) is 7.66. The SMILES string of the molecule is COc1ccc(CCNC(=O)[C@@H]2OCCN(C3CCCC3)[C@H]2c2ccccc2)c(OC)c1. The summed E-state index contributed by atoms with van der Waals surface area (Å²) >= 11 is 0. The standard InChI is InChI=1S/C26H34N2O4/c1-30-22-13-12-19(23(18-22)31-2)14-15-27-26(29)25-24(20-8-4-3-5-9-20)28(16-17-32-25)21-10-6-7-11-21/h3-5,8-9,12-13,18,21,24-25H,6-7,10-11,14-17H2,1-2H3,(H,27,29)/t24-,25+/m0/s1. The van der Waals surface area contributed by atoms with Crippen LogP contribution >= 0.6 is 0 Å². The van der Waals surface area contributed by atoms with Gasteiger partial charge in [-0.25, -0.2) is 0 Å². The molecule has 4 rings (SSSR count). The maximum absolute atomic E-state index is 13.3. The molecule has 6 nitrogen and oxygen atoms in total. The van der Waals surface area contributed by atoms with Crippen molar-refractivity contribution >= 4 is 5.91 Å². The molecule has 172 valence electrons. The molecule has 1 heterocycles. The zero-order valence-corrected chi connectivity index (χ0v) is 19.1. The second-order valence-electron chi connectivity index (χ2n) is 8.54. The topological polar surface area (TPSA) is 60.0 Å². The summed E-state index contributed by atoms with van der Waals surface area (Å²) in [6.45, 7) is 1.98. The average Bonchev–Trinajstić information content (AvgIpc) is 3.39. The lowest BCUT2D eigenvalue weighted by Gasteiger charge is -2.44. The minimum absolute atomic E-state index is 0.0472. The summed E-state index contributed by atoms with van der Waals surface area (Å²) in [6, 6.07) is 16.6. The van der Waals surface area contributed by atoms with E-state index in [0.717, 1.165) is 29.2 Å². The highest BCUT2D eigenvalue weighted by atomic mass is 16.5. The number of ether oxygens (including phenoxy) is 3. The molecule has 2 aromatic rings. The summed E-state index contributed by atoms with van der Waals surface area (Å²) in [5.74, 6) is 1.47. The number of morpholine rings is 1. The third-order valence-electron chi connectivity index (χ3n) is 6.67. The molecular formula is C26H34N2O4. The van der Waals surface area contributed by atoms with E-state index in [9.17, 15) is 4.79 Å². The number of nitrogens with zero attached hydrogens (tertiary/aromatic N) is 1. The van der Waals surface area contributed by atoms with Gasteiger partial charge < -0.3 is 19.5 Å². The fourth-order valence-corrected chi connectivity index (χ4v) is 5.05. The molecule has 0 bridgehead atoms. The van der Waals surface area contributed by atoms with Gasteiger partial charge >= 0.3 is 0 Å². The van der Waals surface area contributed by atoms with Crippen molar-refractivity contribution in [2.45, 2.75) is 50.3 Å². The Morgan fingerprint density at radius 1 is 1.09 bits per heavy atom. The van der Waals surface area contributed by atoms with Crippen molar-refractivity contribution in [2.24, 2.45) is 0 Å². The van der Waals surface area contributed by atoms with E-state index >= 15 is 0 Å². The van der Waals surface area contributed by atoms with E-state index < -0.39 is 6.10 Å². The molecule has 2 fully saturated rings. The van der Waals surface area contributed by atoms with Crippen molar-refractivity contribution in [1.29, 1.82) is 0 Å². The molecule has 1 aliphatic heterocycles. The molecule has 6 heteroatoms. The van der Waals surface area contributed by atoms with Crippen molar-refractivity contribution in [1.82, 2.24) is 10.2 Å². The number of amides is 1. The zero-order chi connectivity index (χ0) is 22.3. The van der Waals surface area contributed by atoms with Gasteiger partial charge in [-0.15, -0.1) is 0 Å². The highest BCUT2D eigenvalue weighted by Gasteiger charge is 2.41. The van der Waals surface area contributed by atoms with Crippen molar-refractivity contribution in [3.05, 3.63) is 59.7 Å². The maximum atomic E-state index is 13.3. The highest BCUT2D eigenvalue weighted by Crippen LogP contribution is 2.36. The fourth-order valence-electron chi connectivity index (χ4n) is 5.05. The molecule has 0 radical (unpaired) electrons. The summed E-state index contributed by atoms with van der Waals surface area (Å²) in [7, 11) is 3.28. The van der Waals surface area contributed by atoms with Crippen molar-refractivity contribution < 1.29 is 19.0 Å². The summed E-state index contributed by atoms with van der Waals surface area (Å²) in [5.41, 5.74) is 2.18. The van der Waals surface area contributed by atoms with Gasteiger partial charge in [0, 0.05) is 25.2 Å². The Morgan fingerprint density at radius 3 is 2.59 bits per heavy atom. The van der Waals surface area contributed by atoms with Gasteiger partial charge in [0.05, 0.1) is 26.9 Å². The number of methoxy groups -OCH3 is 2. The average molecular weight is 439 g/mol. The molecular weight excluding hydrogens is 404 g/mol. The molecule has 1 aliphatic carbocycles. The molecule has 1 saturated heterocycles. The molecule has 1 N–H and O–H groups in total. The molecule has 1 saturated carbocycles. The van der Waals surface area contributed by atoms with Crippen LogP contribution in [0.5, 0.6) is 11.5 Å². The second kappa shape index (κ2) is 10.8. The van der Waals surface area contributed by atoms with E-state index in [-0.39, 0.29) is 11.9 Å². The summed E-state index contributed by atoms with van der Waals surface area (Å²) in [4.78, 5) is 15.8. The largest absolute Gasteiger partial charge is 0.497 e. The molecule has 32 heavy (non-hydrogen) atoms. The van der Waals surface area contributed by atoms with E-state index in [4.69, 9.17) is 14.2 Å². The molecule has 2 atom stereocenters. The predicted octanol–water partition coefficient (Wildman–Crippen LogP) is 3.75. The van der Waals surface area contributed by atoms with E-state index in [1.165, 1.54) is 25.7 Å². The first-order chi connectivity index (χ1) is 15.7. The van der Waals surface area contributed by atoms with E-state index in [1.54, 1.807) is 14.2 Å². The van der Waals surface area contributed by atoms with Gasteiger partial charge in [0.25, 0.3) is 5.91 Å². The summed E-state index contributed by atoms with van der Waals surface area (Å²) < 4.78 is 16.8. The minimum atomic E-state index is -0.510.